The Kier molecular flexibility index (Phi) is 3.07. The monoisotopic (exact) mass is 340 g/mol. The Labute approximate surface area is 151 Å². The highest BCUT2D eigenvalue weighted by Crippen LogP contribution is 2.57. The first-order chi connectivity index (χ1) is 12.7. The second-order valence-corrected chi connectivity index (χ2v) is 6.48. The van der Waals surface area contributed by atoms with Crippen LogP contribution in [-0.2, 0) is 15.1 Å². The number of fused-ring (bicyclic) bond motifs is 5. The first kappa shape index (κ1) is 15.0. The molecular formula is C23H16O3. The topological polar surface area (TPSA) is 35.5 Å². The maximum absolute atomic E-state index is 12.4. The molecule has 3 heteroatoms. The second-order valence-electron chi connectivity index (χ2n) is 6.48. The molecule has 126 valence electrons. The van der Waals surface area contributed by atoms with Gasteiger partial charge in [-0.3, -0.25) is 0 Å². The Morgan fingerprint density at radius 3 is 2.15 bits per heavy atom. The molecular weight excluding hydrogens is 324 g/mol. The van der Waals surface area contributed by atoms with Crippen LogP contribution < -0.4 is 4.74 Å². The minimum Gasteiger partial charge on any atom is -0.497 e. The summed E-state index contributed by atoms with van der Waals surface area (Å²) in [6.07, 6.45) is 1.60. The van der Waals surface area contributed by atoms with E-state index in [1.54, 1.807) is 13.2 Å². The molecule has 1 spiro atoms. The summed E-state index contributed by atoms with van der Waals surface area (Å²) in [5, 5.41) is 0. The highest BCUT2D eigenvalue weighted by molar-refractivity contribution is 6.04. The van der Waals surface area contributed by atoms with Crippen LogP contribution in [0.4, 0.5) is 0 Å². The maximum atomic E-state index is 12.4. The number of benzene rings is 3. The largest absolute Gasteiger partial charge is 0.497 e. The molecule has 3 aromatic rings. The lowest BCUT2D eigenvalue weighted by molar-refractivity contribution is -0.143. The fourth-order valence-corrected chi connectivity index (χ4v) is 4.13. The van der Waals surface area contributed by atoms with Gasteiger partial charge in [-0.15, -0.1) is 0 Å². The van der Waals surface area contributed by atoms with Crippen molar-refractivity contribution in [3.05, 3.63) is 95.6 Å². The summed E-state index contributed by atoms with van der Waals surface area (Å²) >= 11 is 0. The van der Waals surface area contributed by atoms with Crippen molar-refractivity contribution in [1.82, 2.24) is 0 Å². The molecule has 0 fully saturated rings. The fraction of sp³-hybridized carbons (Fsp3) is 0.0870. The quantitative estimate of drug-likeness (QED) is 0.642. The van der Waals surface area contributed by atoms with Gasteiger partial charge in [0.15, 0.2) is 5.60 Å². The highest BCUT2D eigenvalue weighted by atomic mass is 16.6. The SMILES string of the molecule is COc1cccc(C2=CC(=O)OC23c2ccccc2-c2ccccc23)c1. The van der Waals surface area contributed by atoms with Crippen molar-refractivity contribution in [2.75, 3.05) is 7.11 Å². The number of hydrogen-bond acceptors (Lipinski definition) is 3. The number of rotatable bonds is 2. The number of esters is 1. The van der Waals surface area contributed by atoms with Gasteiger partial charge >= 0.3 is 5.97 Å². The van der Waals surface area contributed by atoms with E-state index in [2.05, 4.69) is 12.1 Å². The van der Waals surface area contributed by atoms with E-state index in [-0.39, 0.29) is 5.97 Å². The van der Waals surface area contributed by atoms with Crippen molar-refractivity contribution in [2.24, 2.45) is 0 Å². The molecule has 26 heavy (non-hydrogen) atoms. The molecule has 3 aromatic carbocycles. The molecule has 0 saturated heterocycles. The first-order valence-electron chi connectivity index (χ1n) is 8.53. The lowest BCUT2D eigenvalue weighted by Crippen LogP contribution is -2.27. The van der Waals surface area contributed by atoms with Crippen molar-refractivity contribution in [3.63, 3.8) is 0 Å². The van der Waals surface area contributed by atoms with Gasteiger partial charge in [0.25, 0.3) is 0 Å². The Hall–Kier alpha value is -3.33. The molecule has 0 unspecified atom stereocenters. The van der Waals surface area contributed by atoms with Gasteiger partial charge in [-0.05, 0) is 28.8 Å². The van der Waals surface area contributed by atoms with E-state index < -0.39 is 5.60 Å². The summed E-state index contributed by atoms with van der Waals surface area (Å²) in [5.74, 6) is 0.423. The first-order valence-corrected chi connectivity index (χ1v) is 8.53. The molecule has 1 aliphatic carbocycles. The van der Waals surface area contributed by atoms with E-state index in [1.807, 2.05) is 60.7 Å². The Balaban J connectivity index is 1.82. The lowest BCUT2D eigenvalue weighted by Gasteiger charge is -2.29. The number of carbonyl (C=O) groups is 1. The third-order valence-corrected chi connectivity index (χ3v) is 5.18. The fourth-order valence-electron chi connectivity index (χ4n) is 4.13. The summed E-state index contributed by atoms with van der Waals surface area (Å²) in [7, 11) is 1.64. The summed E-state index contributed by atoms with van der Waals surface area (Å²) in [5.41, 5.74) is 5.07. The van der Waals surface area contributed by atoms with Gasteiger partial charge in [-0.2, -0.15) is 0 Å². The van der Waals surface area contributed by atoms with Crippen LogP contribution in [0, 0.1) is 0 Å². The molecule has 1 heterocycles. The van der Waals surface area contributed by atoms with Crippen LogP contribution >= 0.6 is 0 Å². The lowest BCUT2D eigenvalue weighted by atomic mass is 9.81. The van der Waals surface area contributed by atoms with Crippen molar-refractivity contribution < 1.29 is 14.3 Å². The zero-order chi connectivity index (χ0) is 17.7. The number of methoxy groups -OCH3 is 1. The average molecular weight is 340 g/mol. The molecule has 0 N–H and O–H groups in total. The molecule has 0 atom stereocenters. The Morgan fingerprint density at radius 1 is 0.846 bits per heavy atom. The second kappa shape index (κ2) is 5.33. The summed E-state index contributed by atoms with van der Waals surface area (Å²) in [6, 6.07) is 24.0. The van der Waals surface area contributed by atoms with E-state index in [9.17, 15) is 4.79 Å². The molecule has 5 rings (SSSR count). The number of carbonyl (C=O) groups excluding carboxylic acids is 1. The molecule has 0 amide bonds. The third-order valence-electron chi connectivity index (χ3n) is 5.18. The third kappa shape index (κ3) is 1.85. The van der Waals surface area contributed by atoms with E-state index in [4.69, 9.17) is 9.47 Å². The van der Waals surface area contributed by atoms with Gasteiger partial charge in [0, 0.05) is 22.8 Å². The van der Waals surface area contributed by atoms with Crippen LogP contribution in [0.1, 0.15) is 16.7 Å². The molecule has 0 radical (unpaired) electrons. The predicted molar refractivity (Wildman–Crippen MR) is 99.7 cm³/mol. The molecule has 3 nitrogen and oxygen atoms in total. The molecule has 0 bridgehead atoms. The van der Waals surface area contributed by atoms with E-state index >= 15 is 0 Å². The van der Waals surface area contributed by atoms with Crippen molar-refractivity contribution >= 4 is 11.5 Å². The van der Waals surface area contributed by atoms with Gasteiger partial charge in [0.05, 0.1) is 7.11 Å². The molecule has 1 aliphatic heterocycles. The van der Waals surface area contributed by atoms with Gasteiger partial charge in [0.2, 0.25) is 0 Å². The number of hydrogen-bond donors (Lipinski definition) is 0. The van der Waals surface area contributed by atoms with Gasteiger partial charge in [-0.1, -0.05) is 60.7 Å². The van der Waals surface area contributed by atoms with Crippen molar-refractivity contribution in [1.29, 1.82) is 0 Å². The zero-order valence-corrected chi connectivity index (χ0v) is 14.2. The van der Waals surface area contributed by atoms with E-state index in [1.165, 1.54) is 0 Å². The van der Waals surface area contributed by atoms with Crippen molar-refractivity contribution in [3.8, 4) is 16.9 Å². The van der Waals surface area contributed by atoms with E-state index in [0.717, 1.165) is 39.1 Å². The average Bonchev–Trinajstić information content (AvgIpc) is 3.19. The van der Waals surface area contributed by atoms with Crippen LogP contribution in [0.5, 0.6) is 5.75 Å². The minimum atomic E-state index is -0.906. The highest BCUT2D eigenvalue weighted by Gasteiger charge is 2.52. The van der Waals surface area contributed by atoms with E-state index in [0.29, 0.717) is 0 Å². The summed E-state index contributed by atoms with van der Waals surface area (Å²) in [6.45, 7) is 0. The summed E-state index contributed by atoms with van der Waals surface area (Å²) in [4.78, 5) is 12.4. The zero-order valence-electron chi connectivity index (χ0n) is 14.2. The normalized spacial score (nSPS) is 16.0. The number of ether oxygens (including phenoxy) is 2. The molecule has 2 aliphatic rings. The van der Waals surface area contributed by atoms with Crippen molar-refractivity contribution in [2.45, 2.75) is 5.60 Å². The van der Waals surface area contributed by atoms with Crippen LogP contribution in [0.25, 0.3) is 16.7 Å². The molecule has 0 saturated carbocycles. The molecule has 0 aromatic heterocycles. The summed E-state index contributed by atoms with van der Waals surface area (Å²) < 4.78 is 11.4. The van der Waals surface area contributed by atoms with Gasteiger partial charge in [0.1, 0.15) is 5.75 Å². The Bertz CT molecular complexity index is 1030. The predicted octanol–water partition coefficient (Wildman–Crippen LogP) is 4.56. The smallest absolute Gasteiger partial charge is 0.332 e. The Morgan fingerprint density at radius 2 is 1.50 bits per heavy atom. The minimum absolute atomic E-state index is 0.325. The standard InChI is InChI=1S/C23H16O3/c1-25-16-8-6-7-15(13-16)21-14-22(24)26-23(21)19-11-4-2-9-17(19)18-10-3-5-12-20(18)23/h2-14H,1H3. The van der Waals surface area contributed by atoms with Gasteiger partial charge in [-0.25, -0.2) is 4.79 Å². The van der Waals surface area contributed by atoms with Crippen LogP contribution in [-0.4, -0.2) is 13.1 Å². The maximum Gasteiger partial charge on any atom is 0.332 e. The van der Waals surface area contributed by atoms with Gasteiger partial charge < -0.3 is 9.47 Å². The van der Waals surface area contributed by atoms with Crippen LogP contribution in [0.15, 0.2) is 78.9 Å². The van der Waals surface area contributed by atoms with Crippen LogP contribution in [0.2, 0.25) is 0 Å². The van der Waals surface area contributed by atoms with Crippen LogP contribution in [0.3, 0.4) is 0 Å².